The van der Waals surface area contributed by atoms with Crippen LogP contribution in [0.3, 0.4) is 0 Å². The number of nitrogens with zero attached hydrogens (tertiary/aromatic N) is 3. The average Bonchev–Trinajstić information content (AvgIpc) is 3.35. The molecule has 0 radical (unpaired) electrons. The van der Waals surface area contributed by atoms with Crippen LogP contribution in [-0.4, -0.2) is 53.7 Å². The number of anilines is 2. The van der Waals surface area contributed by atoms with Gasteiger partial charge in [0.2, 0.25) is 5.82 Å². The topological polar surface area (TPSA) is 116 Å². The summed E-state index contributed by atoms with van der Waals surface area (Å²) in [6.07, 6.45) is 5.24. The first-order valence-corrected chi connectivity index (χ1v) is 11.8. The summed E-state index contributed by atoms with van der Waals surface area (Å²) < 4.78 is 40.8. The van der Waals surface area contributed by atoms with Gasteiger partial charge >= 0.3 is 0 Å². The molecule has 0 atom stereocenters. The van der Waals surface area contributed by atoms with Gasteiger partial charge in [-0.3, -0.25) is 9.20 Å². The Bertz CT molecular complexity index is 1410. The first-order chi connectivity index (χ1) is 18.0. The van der Waals surface area contributed by atoms with Crippen molar-refractivity contribution in [1.82, 2.24) is 19.7 Å². The third kappa shape index (κ3) is 5.52. The van der Waals surface area contributed by atoms with E-state index >= 15 is 0 Å². The maximum atomic E-state index is 14.7. The second-order valence-corrected chi connectivity index (χ2v) is 8.06. The molecule has 0 fully saturated rings. The molecule has 4 rings (SSSR count). The van der Waals surface area contributed by atoms with Crippen LogP contribution >= 0.6 is 0 Å². The number of halogens is 2. The quantitative estimate of drug-likeness (QED) is 0.264. The van der Waals surface area contributed by atoms with Crippen molar-refractivity contribution < 1.29 is 23.0 Å². The summed E-state index contributed by atoms with van der Waals surface area (Å²) >= 11 is 0. The summed E-state index contributed by atoms with van der Waals surface area (Å²) in [5.74, 6) is -2.05. The van der Waals surface area contributed by atoms with E-state index in [9.17, 15) is 13.6 Å². The molecular formula is C26H28F2N6O3. The van der Waals surface area contributed by atoms with Gasteiger partial charge in [0.1, 0.15) is 0 Å². The minimum Gasteiger partial charge on any atom is -0.494 e. The maximum absolute atomic E-state index is 14.7. The predicted molar refractivity (Wildman–Crippen MR) is 136 cm³/mol. The first-order valence-electron chi connectivity index (χ1n) is 11.8. The Kier molecular flexibility index (Phi) is 8.26. The van der Waals surface area contributed by atoms with Crippen LogP contribution < -0.4 is 21.1 Å². The summed E-state index contributed by atoms with van der Waals surface area (Å²) in [6.45, 7) is 3.61. The maximum Gasteiger partial charge on any atom is 0.251 e. The average molecular weight is 511 g/mol. The van der Waals surface area contributed by atoms with Crippen molar-refractivity contribution in [3.8, 4) is 17.0 Å². The van der Waals surface area contributed by atoms with Crippen LogP contribution in [-0.2, 0) is 11.2 Å². The molecule has 0 aliphatic rings. The highest BCUT2D eigenvalue weighted by molar-refractivity contribution is 5.96. The largest absolute Gasteiger partial charge is 0.494 e. The van der Waals surface area contributed by atoms with Gasteiger partial charge in [0.25, 0.3) is 5.91 Å². The number of aryl methyl sites for hydroxylation is 1. The smallest absolute Gasteiger partial charge is 0.251 e. The molecule has 1 amide bonds. The SMILES string of the molecule is CCc1cc(Nc2nccn3c(-c4ccc(OC)c(F)c4F)cnc23)ccc1C(=O)NCCOCCN. The van der Waals surface area contributed by atoms with Gasteiger partial charge in [-0.15, -0.1) is 0 Å². The number of rotatable bonds is 11. The van der Waals surface area contributed by atoms with E-state index in [1.165, 1.54) is 31.6 Å². The van der Waals surface area contributed by atoms with Crippen LogP contribution in [0.15, 0.2) is 48.9 Å². The van der Waals surface area contributed by atoms with Gasteiger partial charge in [-0.1, -0.05) is 6.92 Å². The van der Waals surface area contributed by atoms with Crippen LogP contribution in [0.5, 0.6) is 5.75 Å². The van der Waals surface area contributed by atoms with Crippen LogP contribution in [0.2, 0.25) is 0 Å². The highest BCUT2D eigenvalue weighted by Crippen LogP contribution is 2.31. The van der Waals surface area contributed by atoms with Crippen LogP contribution in [0.25, 0.3) is 16.9 Å². The highest BCUT2D eigenvalue weighted by atomic mass is 19.2. The fraction of sp³-hybridized carbons (Fsp3) is 0.269. The number of aromatic nitrogens is 3. The Morgan fingerprint density at radius 1 is 1.14 bits per heavy atom. The van der Waals surface area contributed by atoms with Gasteiger partial charge in [-0.2, -0.15) is 4.39 Å². The molecule has 0 saturated heterocycles. The molecule has 194 valence electrons. The van der Waals surface area contributed by atoms with Gasteiger partial charge < -0.3 is 25.8 Å². The number of hydrogen-bond acceptors (Lipinski definition) is 7. The first kappa shape index (κ1) is 26.0. The van der Waals surface area contributed by atoms with Crippen molar-refractivity contribution in [1.29, 1.82) is 0 Å². The number of carbonyl (C=O) groups is 1. The fourth-order valence-electron chi connectivity index (χ4n) is 3.93. The van der Waals surface area contributed by atoms with Crippen molar-refractivity contribution in [2.24, 2.45) is 5.73 Å². The van der Waals surface area contributed by atoms with Crippen LogP contribution in [0, 0.1) is 11.6 Å². The third-order valence-corrected chi connectivity index (χ3v) is 5.76. The number of benzene rings is 2. The molecule has 0 saturated carbocycles. The lowest BCUT2D eigenvalue weighted by Crippen LogP contribution is -2.28. The van der Waals surface area contributed by atoms with Crippen molar-refractivity contribution in [3.63, 3.8) is 0 Å². The zero-order valence-corrected chi connectivity index (χ0v) is 20.6. The van der Waals surface area contributed by atoms with E-state index < -0.39 is 11.6 Å². The predicted octanol–water partition coefficient (Wildman–Crippen LogP) is 3.69. The number of nitrogens with one attached hydrogen (secondary N) is 2. The van der Waals surface area contributed by atoms with Crippen molar-refractivity contribution in [2.75, 3.05) is 38.7 Å². The van der Waals surface area contributed by atoms with E-state index in [1.807, 2.05) is 13.0 Å². The lowest BCUT2D eigenvalue weighted by Gasteiger charge is -2.13. The van der Waals surface area contributed by atoms with Crippen LogP contribution in [0.1, 0.15) is 22.8 Å². The molecule has 0 spiro atoms. The number of hydrogen-bond donors (Lipinski definition) is 3. The molecule has 2 heterocycles. The molecule has 37 heavy (non-hydrogen) atoms. The summed E-state index contributed by atoms with van der Waals surface area (Å²) in [6, 6.07) is 8.18. The lowest BCUT2D eigenvalue weighted by molar-refractivity contribution is 0.0919. The fourth-order valence-corrected chi connectivity index (χ4v) is 3.93. The van der Waals surface area contributed by atoms with Gasteiger partial charge in [-0.25, -0.2) is 14.4 Å². The molecule has 0 bridgehead atoms. The minimum atomic E-state index is -1.07. The second-order valence-electron chi connectivity index (χ2n) is 8.06. The summed E-state index contributed by atoms with van der Waals surface area (Å²) in [5, 5.41) is 6.06. The minimum absolute atomic E-state index is 0.0417. The molecule has 4 aromatic rings. The number of carbonyl (C=O) groups excluding carboxylic acids is 1. The summed E-state index contributed by atoms with van der Waals surface area (Å²) in [5.41, 5.74) is 8.32. The Labute approximate surface area is 212 Å². The van der Waals surface area contributed by atoms with E-state index in [1.54, 1.807) is 22.7 Å². The van der Waals surface area contributed by atoms with E-state index in [-0.39, 0.29) is 17.2 Å². The zero-order chi connectivity index (χ0) is 26.4. The van der Waals surface area contributed by atoms with Crippen molar-refractivity contribution in [3.05, 3.63) is 71.7 Å². The Morgan fingerprint density at radius 3 is 2.73 bits per heavy atom. The molecule has 11 heteroatoms. The number of fused-ring (bicyclic) bond motifs is 1. The monoisotopic (exact) mass is 510 g/mol. The second kappa shape index (κ2) is 11.8. The van der Waals surface area contributed by atoms with Gasteiger partial charge in [0.05, 0.1) is 32.2 Å². The standard InChI is InChI=1S/C26H28F2N6O3/c1-3-16-14-17(4-5-18(16)26(35)31-10-13-37-12-8-29)33-24-25-32-15-20(34(25)11-9-30-24)19-6-7-21(36-2)23(28)22(19)27/h4-7,9,11,14-15H,3,8,10,12-13,29H2,1-2H3,(H,30,33)(H,31,35). The number of ether oxygens (including phenoxy) is 2. The molecular weight excluding hydrogens is 482 g/mol. The number of amides is 1. The molecule has 0 aliphatic carbocycles. The Balaban J connectivity index is 1.57. The highest BCUT2D eigenvalue weighted by Gasteiger charge is 2.19. The van der Waals surface area contributed by atoms with Gasteiger partial charge in [0.15, 0.2) is 23.0 Å². The summed E-state index contributed by atoms with van der Waals surface area (Å²) in [7, 11) is 1.28. The van der Waals surface area contributed by atoms with E-state index in [2.05, 4.69) is 20.6 Å². The number of imidazole rings is 1. The molecule has 2 aromatic carbocycles. The Morgan fingerprint density at radius 2 is 1.97 bits per heavy atom. The van der Waals surface area contributed by atoms with Gasteiger partial charge in [-0.05, 0) is 42.3 Å². The van der Waals surface area contributed by atoms with Crippen LogP contribution in [0.4, 0.5) is 20.3 Å². The molecule has 0 aliphatic heterocycles. The van der Waals surface area contributed by atoms with E-state index in [4.69, 9.17) is 15.2 Å². The van der Waals surface area contributed by atoms with E-state index in [0.29, 0.717) is 61.1 Å². The van der Waals surface area contributed by atoms with Crippen molar-refractivity contribution >= 4 is 23.1 Å². The molecule has 2 aromatic heterocycles. The third-order valence-electron chi connectivity index (χ3n) is 5.76. The van der Waals surface area contributed by atoms with Crippen molar-refractivity contribution in [2.45, 2.75) is 13.3 Å². The molecule has 4 N–H and O–H groups in total. The van der Waals surface area contributed by atoms with E-state index in [0.717, 1.165) is 5.56 Å². The number of methoxy groups -OCH3 is 1. The van der Waals surface area contributed by atoms with Gasteiger partial charge in [0, 0.05) is 42.3 Å². The number of nitrogens with two attached hydrogens (primary N) is 1. The Hall–Kier alpha value is -4.09. The summed E-state index contributed by atoms with van der Waals surface area (Å²) in [4.78, 5) is 21.4. The lowest BCUT2D eigenvalue weighted by atomic mass is 10.0. The zero-order valence-electron chi connectivity index (χ0n) is 20.6. The molecule has 9 nitrogen and oxygen atoms in total. The normalized spacial score (nSPS) is 11.1. The molecule has 0 unspecified atom stereocenters.